The molecule has 0 atom stereocenters. The lowest BCUT2D eigenvalue weighted by Gasteiger charge is -2.03. The maximum Gasteiger partial charge on any atom is 0.225 e. The molecule has 0 aliphatic heterocycles. The summed E-state index contributed by atoms with van der Waals surface area (Å²) >= 11 is 3.24. The summed E-state index contributed by atoms with van der Waals surface area (Å²) in [7, 11) is 0. The van der Waals surface area contributed by atoms with Crippen LogP contribution in [0, 0.1) is 0 Å². The van der Waals surface area contributed by atoms with Crippen LogP contribution in [0.3, 0.4) is 0 Å². The van der Waals surface area contributed by atoms with Gasteiger partial charge in [-0.1, -0.05) is 0 Å². The Labute approximate surface area is 94.8 Å². The molecule has 2 heterocycles. The summed E-state index contributed by atoms with van der Waals surface area (Å²) in [5, 5.41) is 3.04. The van der Waals surface area contributed by atoms with E-state index in [1.807, 2.05) is 6.07 Å². The number of nitrogens with two attached hydrogens (primary N) is 1. The molecule has 0 spiro atoms. The maximum absolute atomic E-state index is 5.57. The molecule has 78 valence electrons. The molecule has 0 unspecified atom stereocenters. The Morgan fingerprint density at radius 2 is 2.33 bits per heavy atom. The summed E-state index contributed by atoms with van der Waals surface area (Å²) < 4.78 is 5.59. The van der Waals surface area contributed by atoms with Crippen molar-refractivity contribution in [2.45, 2.75) is 6.54 Å². The summed E-state index contributed by atoms with van der Waals surface area (Å²) in [4.78, 5) is 8.15. The third-order valence-corrected chi connectivity index (χ3v) is 2.15. The molecule has 6 heteroatoms. The molecule has 2 rings (SSSR count). The Morgan fingerprint density at radius 1 is 1.47 bits per heavy atom. The van der Waals surface area contributed by atoms with Crippen molar-refractivity contribution in [1.29, 1.82) is 0 Å². The number of aromatic nitrogens is 2. The number of anilines is 2. The molecule has 0 saturated carbocycles. The van der Waals surface area contributed by atoms with E-state index in [0.29, 0.717) is 22.9 Å². The Balaban J connectivity index is 2.05. The summed E-state index contributed by atoms with van der Waals surface area (Å²) in [5.74, 6) is 0.912. The van der Waals surface area contributed by atoms with Crippen LogP contribution in [-0.4, -0.2) is 9.97 Å². The highest BCUT2D eigenvalue weighted by molar-refractivity contribution is 9.10. The van der Waals surface area contributed by atoms with Crippen molar-refractivity contribution in [1.82, 2.24) is 9.97 Å². The van der Waals surface area contributed by atoms with Gasteiger partial charge in [-0.2, -0.15) is 4.98 Å². The summed E-state index contributed by atoms with van der Waals surface area (Å²) in [6, 6.07) is 3.51. The van der Waals surface area contributed by atoms with Crippen molar-refractivity contribution in [2.24, 2.45) is 0 Å². The number of nitrogen functional groups attached to an aromatic ring is 1. The van der Waals surface area contributed by atoms with Crippen LogP contribution in [0.25, 0.3) is 0 Å². The first-order valence-corrected chi connectivity index (χ1v) is 5.08. The molecule has 0 amide bonds. The lowest BCUT2D eigenvalue weighted by molar-refractivity contribution is 0.564. The molecule has 5 nitrogen and oxygen atoms in total. The highest BCUT2D eigenvalue weighted by atomic mass is 79.9. The van der Waals surface area contributed by atoms with Gasteiger partial charge in [-0.3, -0.25) is 0 Å². The summed E-state index contributed by atoms with van der Waals surface area (Å²) in [5.41, 5.74) is 6.59. The van der Waals surface area contributed by atoms with E-state index in [9.17, 15) is 0 Å². The number of rotatable bonds is 3. The van der Waals surface area contributed by atoms with Gasteiger partial charge < -0.3 is 15.5 Å². The first-order chi connectivity index (χ1) is 7.24. The predicted octanol–water partition coefficient (Wildman–Crippen LogP) is 2.03. The number of furan rings is 1. The minimum atomic E-state index is 0.423. The van der Waals surface area contributed by atoms with E-state index in [2.05, 4.69) is 31.2 Å². The fraction of sp³-hybridized carbons (Fsp3) is 0.111. The van der Waals surface area contributed by atoms with Gasteiger partial charge in [-0.05, 0) is 22.0 Å². The highest BCUT2D eigenvalue weighted by Crippen LogP contribution is 2.13. The van der Waals surface area contributed by atoms with Crippen molar-refractivity contribution in [3.8, 4) is 0 Å². The topological polar surface area (TPSA) is 77.0 Å². The second-order valence-corrected chi connectivity index (χ2v) is 3.74. The third kappa shape index (κ3) is 2.69. The average molecular weight is 269 g/mol. The molecule has 0 aliphatic carbocycles. The molecule has 0 saturated heterocycles. The molecule has 0 bridgehead atoms. The van der Waals surface area contributed by atoms with Crippen LogP contribution in [0.5, 0.6) is 0 Å². The van der Waals surface area contributed by atoms with Gasteiger partial charge in [0.15, 0.2) is 0 Å². The van der Waals surface area contributed by atoms with Crippen molar-refractivity contribution in [3.63, 3.8) is 0 Å². The molecule has 0 radical (unpaired) electrons. The predicted molar refractivity (Wildman–Crippen MR) is 60.2 cm³/mol. The molecule has 0 aliphatic rings. The van der Waals surface area contributed by atoms with Gasteiger partial charge in [-0.15, -0.1) is 0 Å². The van der Waals surface area contributed by atoms with Crippen LogP contribution in [-0.2, 0) is 6.54 Å². The number of nitrogens with zero attached hydrogens (tertiary/aromatic N) is 2. The summed E-state index contributed by atoms with van der Waals surface area (Å²) in [6.07, 6.45) is 3.28. The molecule has 2 aromatic rings. The SMILES string of the molecule is Nc1cc(Br)nc(NCc2ccoc2)n1. The Bertz CT molecular complexity index is 423. The van der Waals surface area contributed by atoms with Gasteiger partial charge in [0.25, 0.3) is 0 Å². The Kier molecular flexibility index (Phi) is 2.86. The highest BCUT2D eigenvalue weighted by Gasteiger charge is 2.00. The zero-order valence-electron chi connectivity index (χ0n) is 7.77. The summed E-state index contributed by atoms with van der Waals surface area (Å²) in [6.45, 7) is 0.604. The van der Waals surface area contributed by atoms with Crippen molar-refractivity contribution in [3.05, 3.63) is 34.8 Å². The molecule has 0 fully saturated rings. The first kappa shape index (κ1) is 9.97. The van der Waals surface area contributed by atoms with Crippen LogP contribution < -0.4 is 11.1 Å². The van der Waals surface area contributed by atoms with Gasteiger partial charge in [0, 0.05) is 18.2 Å². The zero-order valence-corrected chi connectivity index (χ0v) is 9.36. The molecule has 15 heavy (non-hydrogen) atoms. The van der Waals surface area contributed by atoms with Crippen LogP contribution in [0.15, 0.2) is 33.7 Å². The van der Waals surface area contributed by atoms with E-state index >= 15 is 0 Å². The Hall–Kier alpha value is -1.56. The first-order valence-electron chi connectivity index (χ1n) is 4.29. The van der Waals surface area contributed by atoms with Crippen molar-refractivity contribution in [2.75, 3.05) is 11.1 Å². The molecule has 0 aromatic carbocycles. The van der Waals surface area contributed by atoms with E-state index in [1.54, 1.807) is 18.6 Å². The normalized spacial score (nSPS) is 10.2. The standard InChI is InChI=1S/C9H9BrN4O/c10-7-3-8(11)14-9(13-7)12-4-6-1-2-15-5-6/h1-3,5H,4H2,(H3,11,12,13,14). The minimum absolute atomic E-state index is 0.423. The fourth-order valence-corrected chi connectivity index (χ4v) is 1.49. The maximum atomic E-state index is 5.57. The van der Waals surface area contributed by atoms with Crippen LogP contribution in [0.4, 0.5) is 11.8 Å². The van der Waals surface area contributed by atoms with Crippen LogP contribution >= 0.6 is 15.9 Å². The van der Waals surface area contributed by atoms with Crippen LogP contribution in [0.2, 0.25) is 0 Å². The van der Waals surface area contributed by atoms with Gasteiger partial charge >= 0.3 is 0 Å². The smallest absolute Gasteiger partial charge is 0.225 e. The second-order valence-electron chi connectivity index (χ2n) is 2.92. The monoisotopic (exact) mass is 268 g/mol. The lowest BCUT2D eigenvalue weighted by atomic mass is 10.3. The van der Waals surface area contributed by atoms with Gasteiger partial charge in [0.2, 0.25) is 5.95 Å². The van der Waals surface area contributed by atoms with Crippen molar-refractivity contribution >= 4 is 27.7 Å². The molecular weight excluding hydrogens is 260 g/mol. The van der Waals surface area contributed by atoms with E-state index in [1.165, 1.54) is 0 Å². The van der Waals surface area contributed by atoms with E-state index in [-0.39, 0.29) is 0 Å². The third-order valence-electron chi connectivity index (χ3n) is 1.75. The largest absolute Gasteiger partial charge is 0.472 e. The van der Waals surface area contributed by atoms with E-state index in [0.717, 1.165) is 5.56 Å². The van der Waals surface area contributed by atoms with E-state index < -0.39 is 0 Å². The van der Waals surface area contributed by atoms with Gasteiger partial charge in [0.1, 0.15) is 10.4 Å². The van der Waals surface area contributed by atoms with Gasteiger partial charge in [-0.25, -0.2) is 4.98 Å². The fourth-order valence-electron chi connectivity index (χ4n) is 1.09. The second kappa shape index (κ2) is 4.31. The number of nitrogens with one attached hydrogen (secondary N) is 1. The average Bonchev–Trinajstić information content (AvgIpc) is 2.65. The number of hydrogen-bond acceptors (Lipinski definition) is 5. The number of hydrogen-bond donors (Lipinski definition) is 2. The number of halogens is 1. The van der Waals surface area contributed by atoms with Crippen LogP contribution in [0.1, 0.15) is 5.56 Å². The molecule has 3 N–H and O–H groups in total. The lowest BCUT2D eigenvalue weighted by Crippen LogP contribution is -2.04. The quantitative estimate of drug-likeness (QED) is 0.833. The zero-order chi connectivity index (χ0) is 10.7. The van der Waals surface area contributed by atoms with Crippen molar-refractivity contribution < 1.29 is 4.42 Å². The van der Waals surface area contributed by atoms with Gasteiger partial charge in [0.05, 0.1) is 12.5 Å². The minimum Gasteiger partial charge on any atom is -0.472 e. The molecular formula is C9H9BrN4O. The van der Waals surface area contributed by atoms with E-state index in [4.69, 9.17) is 10.2 Å². The molecule has 2 aromatic heterocycles. The Morgan fingerprint density at radius 3 is 3.00 bits per heavy atom.